The van der Waals surface area contributed by atoms with Crippen molar-refractivity contribution >= 4 is 23.3 Å². The zero-order valence-electron chi connectivity index (χ0n) is 14.3. The number of pyridine rings is 1. The highest BCUT2D eigenvalue weighted by Gasteiger charge is 2.30. The molecular formula is C18H24ClN3OS. The van der Waals surface area contributed by atoms with Gasteiger partial charge in [0.25, 0.3) is 0 Å². The zero-order valence-corrected chi connectivity index (χ0v) is 15.9. The Kier molecular flexibility index (Phi) is 6.15. The van der Waals surface area contributed by atoms with E-state index < -0.39 is 0 Å². The monoisotopic (exact) mass is 365 g/mol. The first-order valence-electron chi connectivity index (χ1n) is 7.96. The van der Waals surface area contributed by atoms with Gasteiger partial charge >= 0.3 is 0 Å². The summed E-state index contributed by atoms with van der Waals surface area (Å²) in [5, 5.41) is 9.33. The lowest BCUT2D eigenvalue weighted by Crippen LogP contribution is -3.00. The minimum atomic E-state index is 0. The van der Waals surface area contributed by atoms with Crippen LogP contribution in [0.3, 0.4) is 0 Å². The maximum Gasteiger partial charge on any atom is 0.147 e. The Morgan fingerprint density at radius 2 is 1.88 bits per heavy atom. The van der Waals surface area contributed by atoms with Gasteiger partial charge in [-0.25, -0.2) is 4.98 Å². The molecule has 2 aromatic rings. The van der Waals surface area contributed by atoms with Crippen molar-refractivity contribution in [1.82, 2.24) is 4.98 Å². The van der Waals surface area contributed by atoms with Crippen molar-refractivity contribution in [2.75, 3.05) is 38.7 Å². The first kappa shape index (κ1) is 19.1. The summed E-state index contributed by atoms with van der Waals surface area (Å²) in [6.07, 6.45) is 1.86. The molecule has 1 atom stereocenters. The number of benzene rings is 1. The van der Waals surface area contributed by atoms with Gasteiger partial charge in [0.05, 0.1) is 37.8 Å². The van der Waals surface area contributed by atoms with E-state index in [2.05, 4.69) is 61.2 Å². The molecule has 0 saturated heterocycles. The molecule has 1 N–H and O–H groups in total. The third-order valence-electron chi connectivity index (χ3n) is 4.70. The number of fused-ring (bicyclic) bond motifs is 2. The van der Waals surface area contributed by atoms with E-state index in [0.717, 1.165) is 23.4 Å². The fraction of sp³-hybridized carbons (Fsp3) is 0.389. The molecule has 130 valence electrons. The highest BCUT2D eigenvalue weighted by Crippen LogP contribution is 2.46. The van der Waals surface area contributed by atoms with E-state index in [1.807, 2.05) is 12.3 Å². The molecule has 0 amide bonds. The average Bonchev–Trinajstić information content (AvgIpc) is 2.54. The Labute approximate surface area is 154 Å². The number of nitrogens with zero attached hydrogens (tertiary/aromatic N) is 3. The Balaban J connectivity index is 0.00000208. The SMILES string of the molecule is CC(CN1c2ccccc2Sc2cccnc21)[N+](C)(C)CCO.[Cl-]. The smallest absolute Gasteiger partial charge is 0.147 e. The largest absolute Gasteiger partial charge is 1.00 e. The van der Waals surface area contributed by atoms with Crippen LogP contribution in [0.25, 0.3) is 0 Å². The van der Waals surface area contributed by atoms with E-state index in [1.165, 1.54) is 15.5 Å². The van der Waals surface area contributed by atoms with E-state index in [0.29, 0.717) is 6.04 Å². The molecule has 1 unspecified atom stereocenters. The van der Waals surface area contributed by atoms with Gasteiger partial charge in [-0.1, -0.05) is 23.9 Å². The summed E-state index contributed by atoms with van der Waals surface area (Å²) in [4.78, 5) is 9.42. The molecule has 6 heteroatoms. The second kappa shape index (κ2) is 7.74. The third-order valence-corrected chi connectivity index (χ3v) is 5.80. The Hall–Kier alpha value is -1.27. The molecule has 1 aliphatic heterocycles. The number of halogens is 1. The van der Waals surface area contributed by atoms with Crippen molar-refractivity contribution in [3.05, 3.63) is 42.6 Å². The number of anilines is 2. The Morgan fingerprint density at radius 3 is 2.62 bits per heavy atom. The van der Waals surface area contributed by atoms with Gasteiger partial charge in [0.15, 0.2) is 0 Å². The number of likely N-dealkylation sites (N-methyl/N-ethyl adjacent to an activating group) is 1. The second-order valence-corrected chi connectivity index (χ2v) is 7.66. The van der Waals surface area contributed by atoms with Gasteiger partial charge in [0.1, 0.15) is 18.4 Å². The lowest BCUT2D eigenvalue weighted by Gasteiger charge is -2.40. The predicted molar refractivity (Wildman–Crippen MR) is 95.3 cm³/mol. The van der Waals surface area contributed by atoms with Crippen LogP contribution in [0, 0.1) is 0 Å². The topological polar surface area (TPSA) is 36.4 Å². The quantitative estimate of drug-likeness (QED) is 0.765. The van der Waals surface area contributed by atoms with Gasteiger partial charge in [0, 0.05) is 11.1 Å². The van der Waals surface area contributed by atoms with Crippen LogP contribution in [0.5, 0.6) is 0 Å². The summed E-state index contributed by atoms with van der Waals surface area (Å²) in [6, 6.07) is 13.0. The lowest BCUT2D eigenvalue weighted by atomic mass is 10.2. The first-order chi connectivity index (χ1) is 11.0. The molecular weight excluding hydrogens is 342 g/mol. The first-order valence-corrected chi connectivity index (χ1v) is 8.77. The maximum absolute atomic E-state index is 9.33. The van der Waals surface area contributed by atoms with Crippen LogP contribution in [0.1, 0.15) is 6.92 Å². The van der Waals surface area contributed by atoms with Crippen molar-refractivity contribution in [3.63, 3.8) is 0 Å². The van der Waals surface area contributed by atoms with Gasteiger partial charge in [-0.05, 0) is 31.2 Å². The van der Waals surface area contributed by atoms with Gasteiger partial charge in [0.2, 0.25) is 0 Å². The predicted octanol–water partition coefficient (Wildman–Crippen LogP) is 0.145. The summed E-state index contributed by atoms with van der Waals surface area (Å²) >= 11 is 1.78. The Bertz CT molecular complexity index is 650. The van der Waals surface area contributed by atoms with Crippen LogP contribution >= 0.6 is 11.8 Å². The highest BCUT2D eigenvalue weighted by atomic mass is 35.5. The molecule has 24 heavy (non-hydrogen) atoms. The summed E-state index contributed by atoms with van der Waals surface area (Å²) in [5.74, 6) is 1.03. The van der Waals surface area contributed by atoms with Crippen molar-refractivity contribution in [3.8, 4) is 0 Å². The number of hydrogen-bond donors (Lipinski definition) is 1. The van der Waals surface area contributed by atoms with Crippen molar-refractivity contribution in [2.24, 2.45) is 0 Å². The second-order valence-electron chi connectivity index (χ2n) is 6.58. The summed E-state index contributed by atoms with van der Waals surface area (Å²) in [7, 11) is 4.34. The molecule has 4 nitrogen and oxygen atoms in total. The fourth-order valence-electron chi connectivity index (χ4n) is 2.81. The number of aromatic nitrogens is 1. The summed E-state index contributed by atoms with van der Waals surface area (Å²) < 4.78 is 0.782. The van der Waals surface area contributed by atoms with Crippen LogP contribution in [0.15, 0.2) is 52.4 Å². The van der Waals surface area contributed by atoms with Crippen LogP contribution in [-0.2, 0) is 0 Å². The van der Waals surface area contributed by atoms with Crippen molar-refractivity contribution < 1.29 is 22.0 Å². The fourth-order valence-corrected chi connectivity index (χ4v) is 3.88. The van der Waals surface area contributed by atoms with Crippen LogP contribution in [-0.4, -0.2) is 54.4 Å². The van der Waals surface area contributed by atoms with Gasteiger partial charge < -0.3 is 26.9 Å². The molecule has 0 bridgehead atoms. The minimum Gasteiger partial charge on any atom is -1.00 e. The number of aliphatic hydroxyl groups excluding tert-OH is 1. The lowest BCUT2D eigenvalue weighted by molar-refractivity contribution is -0.911. The molecule has 0 spiro atoms. The van der Waals surface area contributed by atoms with E-state index in [-0.39, 0.29) is 19.0 Å². The van der Waals surface area contributed by atoms with Crippen LogP contribution in [0.4, 0.5) is 11.5 Å². The van der Waals surface area contributed by atoms with Crippen molar-refractivity contribution in [2.45, 2.75) is 22.8 Å². The molecule has 1 aromatic heterocycles. The van der Waals surface area contributed by atoms with Crippen LogP contribution < -0.4 is 17.3 Å². The molecule has 0 radical (unpaired) electrons. The molecule has 0 aliphatic carbocycles. The zero-order chi connectivity index (χ0) is 16.4. The van der Waals surface area contributed by atoms with Crippen LogP contribution in [0.2, 0.25) is 0 Å². The molecule has 3 rings (SSSR count). The van der Waals surface area contributed by atoms with Gasteiger partial charge in [-0.15, -0.1) is 0 Å². The van der Waals surface area contributed by atoms with E-state index in [9.17, 15) is 5.11 Å². The number of para-hydroxylation sites is 1. The Morgan fingerprint density at radius 1 is 1.17 bits per heavy atom. The van der Waals surface area contributed by atoms with Gasteiger partial charge in [-0.2, -0.15) is 0 Å². The maximum atomic E-state index is 9.33. The molecule has 0 fully saturated rings. The molecule has 2 heterocycles. The third kappa shape index (κ3) is 3.70. The summed E-state index contributed by atoms with van der Waals surface area (Å²) in [5.41, 5.74) is 1.22. The number of rotatable bonds is 5. The number of aliphatic hydroxyl groups is 1. The molecule has 1 aliphatic rings. The normalized spacial score (nSPS) is 14.4. The van der Waals surface area contributed by atoms with E-state index in [1.54, 1.807) is 11.8 Å². The highest BCUT2D eigenvalue weighted by molar-refractivity contribution is 7.99. The van der Waals surface area contributed by atoms with E-state index >= 15 is 0 Å². The minimum absolute atomic E-state index is 0. The van der Waals surface area contributed by atoms with Gasteiger partial charge in [-0.3, -0.25) is 0 Å². The molecule has 1 aromatic carbocycles. The molecule has 0 saturated carbocycles. The summed E-state index contributed by atoms with van der Waals surface area (Å²) in [6.45, 7) is 4.07. The average molecular weight is 366 g/mol. The number of hydrogen-bond acceptors (Lipinski definition) is 4. The van der Waals surface area contributed by atoms with E-state index in [4.69, 9.17) is 0 Å². The number of quaternary nitrogens is 1. The van der Waals surface area contributed by atoms with Crippen molar-refractivity contribution in [1.29, 1.82) is 0 Å². The standard InChI is InChI=1S/C18H24N3OS.ClH/c1-14(21(2,3)11-12-22)13-20-15-7-4-5-8-16(15)23-17-9-6-10-19-18(17)20;/h4-10,14,22H,11-13H2,1-3H3;1H/q+1;/p-1.